The number of aromatic nitrogens is 4. The summed E-state index contributed by atoms with van der Waals surface area (Å²) in [5.74, 6) is 1.11. The Bertz CT molecular complexity index is 993. The predicted molar refractivity (Wildman–Crippen MR) is 91.7 cm³/mol. The van der Waals surface area contributed by atoms with Gasteiger partial charge in [0.2, 0.25) is 0 Å². The maximum absolute atomic E-state index is 6.30. The zero-order valence-corrected chi connectivity index (χ0v) is 13.3. The van der Waals surface area contributed by atoms with Gasteiger partial charge in [0.15, 0.2) is 5.82 Å². The first-order valence-corrected chi connectivity index (χ1v) is 7.70. The molecule has 0 spiro atoms. The molecule has 2 aromatic carbocycles. The number of nitrogens with zero attached hydrogens (tertiary/aromatic N) is 4. The third-order valence-corrected chi connectivity index (χ3v) is 4.07. The Kier molecular flexibility index (Phi) is 3.48. The number of hydrogen-bond acceptors (Lipinski definition) is 3. The average Bonchev–Trinajstić information content (AvgIpc) is 3.00. The largest absolute Gasteiger partial charge is 0.253 e. The van der Waals surface area contributed by atoms with Crippen LogP contribution in [0.4, 0.5) is 0 Å². The van der Waals surface area contributed by atoms with Crippen molar-refractivity contribution >= 4 is 29.0 Å². The van der Waals surface area contributed by atoms with E-state index in [1.165, 1.54) is 0 Å². The Balaban J connectivity index is 1.91. The lowest BCUT2D eigenvalue weighted by Crippen LogP contribution is -1.96. The first kappa shape index (κ1) is 14.2. The topological polar surface area (TPSA) is 43.1 Å². The lowest BCUT2D eigenvalue weighted by Gasteiger charge is -2.05. The maximum atomic E-state index is 6.30. The van der Waals surface area contributed by atoms with E-state index in [2.05, 4.69) is 15.1 Å². The highest BCUT2D eigenvalue weighted by atomic mass is 35.5. The molecule has 0 aliphatic heterocycles. The fourth-order valence-corrected chi connectivity index (χ4v) is 2.75. The van der Waals surface area contributed by atoms with Crippen molar-refractivity contribution in [3.05, 3.63) is 70.8 Å². The molecule has 0 saturated heterocycles. The average molecular weight is 341 g/mol. The third kappa shape index (κ3) is 2.56. The molecule has 0 atom stereocenters. The number of benzene rings is 2. The van der Waals surface area contributed by atoms with Crippen LogP contribution in [0.5, 0.6) is 0 Å². The van der Waals surface area contributed by atoms with Crippen LogP contribution in [0.2, 0.25) is 10.0 Å². The van der Waals surface area contributed by atoms with Crippen LogP contribution in [0, 0.1) is 0 Å². The quantitative estimate of drug-likeness (QED) is 0.528. The van der Waals surface area contributed by atoms with Crippen LogP contribution in [-0.2, 0) is 0 Å². The Morgan fingerprint density at radius 1 is 0.870 bits per heavy atom. The Morgan fingerprint density at radius 3 is 2.43 bits per heavy atom. The van der Waals surface area contributed by atoms with Crippen molar-refractivity contribution in [1.82, 2.24) is 19.6 Å². The smallest absolute Gasteiger partial charge is 0.220 e. The minimum absolute atomic E-state index is 0.521. The summed E-state index contributed by atoms with van der Waals surface area (Å²) in [5, 5.41) is 5.90. The first-order valence-electron chi connectivity index (χ1n) is 6.95. The number of rotatable bonds is 2. The summed E-state index contributed by atoms with van der Waals surface area (Å²) in [6, 6.07) is 16.9. The fourth-order valence-electron chi connectivity index (χ4n) is 2.39. The van der Waals surface area contributed by atoms with Gasteiger partial charge in [-0.05, 0) is 36.4 Å². The van der Waals surface area contributed by atoms with E-state index in [1.807, 2.05) is 54.6 Å². The number of fused-ring (bicyclic) bond motifs is 1. The zero-order chi connectivity index (χ0) is 15.8. The molecule has 0 aliphatic carbocycles. The molecule has 4 aromatic rings. The Labute approximate surface area is 142 Å². The van der Waals surface area contributed by atoms with Crippen LogP contribution >= 0.6 is 23.2 Å². The van der Waals surface area contributed by atoms with Crippen LogP contribution in [0.1, 0.15) is 0 Å². The van der Waals surface area contributed by atoms with Gasteiger partial charge in [0.1, 0.15) is 0 Å². The van der Waals surface area contributed by atoms with E-state index >= 15 is 0 Å². The molecule has 0 radical (unpaired) electrons. The summed E-state index contributed by atoms with van der Waals surface area (Å²) in [7, 11) is 0. The van der Waals surface area contributed by atoms with Gasteiger partial charge in [-0.3, -0.25) is 0 Å². The van der Waals surface area contributed by atoms with Gasteiger partial charge in [-0.15, -0.1) is 5.10 Å². The van der Waals surface area contributed by atoms with Gasteiger partial charge < -0.3 is 0 Å². The number of hydrogen-bond donors (Lipinski definition) is 0. The highest BCUT2D eigenvalue weighted by Crippen LogP contribution is 2.28. The minimum Gasteiger partial charge on any atom is -0.220 e. The molecule has 4 nitrogen and oxygen atoms in total. The maximum Gasteiger partial charge on any atom is 0.253 e. The van der Waals surface area contributed by atoms with E-state index < -0.39 is 0 Å². The summed E-state index contributed by atoms with van der Waals surface area (Å²) < 4.78 is 1.70. The van der Waals surface area contributed by atoms with E-state index in [0.717, 1.165) is 16.8 Å². The van der Waals surface area contributed by atoms with Crippen LogP contribution in [0.25, 0.3) is 28.4 Å². The standard InChI is InChI=1S/C17H10Cl2N4/c18-12-7-5-11(6-8-12)16-21-17-20-10-9-15(23(17)22-16)13-3-1-2-4-14(13)19/h1-10H. The molecule has 23 heavy (non-hydrogen) atoms. The monoisotopic (exact) mass is 340 g/mol. The van der Waals surface area contributed by atoms with Crippen molar-refractivity contribution in [2.24, 2.45) is 0 Å². The van der Waals surface area contributed by atoms with Gasteiger partial charge in [-0.25, -0.2) is 4.98 Å². The van der Waals surface area contributed by atoms with E-state index in [-0.39, 0.29) is 0 Å². The molecule has 0 bridgehead atoms. The van der Waals surface area contributed by atoms with E-state index in [9.17, 15) is 0 Å². The third-order valence-electron chi connectivity index (χ3n) is 3.49. The second kappa shape index (κ2) is 5.65. The van der Waals surface area contributed by atoms with Gasteiger partial charge in [0.05, 0.1) is 5.69 Å². The van der Waals surface area contributed by atoms with Gasteiger partial charge in [-0.2, -0.15) is 9.50 Å². The zero-order valence-electron chi connectivity index (χ0n) is 11.8. The molecule has 6 heteroatoms. The molecular formula is C17H10Cl2N4. The molecule has 0 unspecified atom stereocenters. The molecular weight excluding hydrogens is 331 g/mol. The summed E-state index contributed by atoms with van der Waals surface area (Å²) in [6.45, 7) is 0. The van der Waals surface area contributed by atoms with Crippen molar-refractivity contribution in [3.63, 3.8) is 0 Å². The van der Waals surface area contributed by atoms with E-state index in [1.54, 1.807) is 10.7 Å². The highest BCUT2D eigenvalue weighted by Gasteiger charge is 2.12. The Morgan fingerprint density at radius 2 is 1.65 bits per heavy atom. The van der Waals surface area contributed by atoms with Crippen molar-refractivity contribution in [2.45, 2.75) is 0 Å². The summed E-state index contributed by atoms with van der Waals surface area (Å²) in [5.41, 5.74) is 2.60. The molecule has 0 aliphatic rings. The van der Waals surface area contributed by atoms with E-state index in [4.69, 9.17) is 23.2 Å². The molecule has 0 amide bonds. The van der Waals surface area contributed by atoms with Gasteiger partial charge in [-0.1, -0.05) is 41.4 Å². The van der Waals surface area contributed by atoms with Gasteiger partial charge in [0.25, 0.3) is 5.78 Å². The summed E-state index contributed by atoms with van der Waals surface area (Å²) in [6.07, 6.45) is 1.70. The lowest BCUT2D eigenvalue weighted by molar-refractivity contribution is 0.951. The summed E-state index contributed by atoms with van der Waals surface area (Å²) in [4.78, 5) is 8.76. The van der Waals surface area contributed by atoms with Crippen LogP contribution in [0.3, 0.4) is 0 Å². The van der Waals surface area contributed by atoms with Crippen molar-refractivity contribution in [1.29, 1.82) is 0 Å². The minimum atomic E-state index is 0.521. The Hall–Kier alpha value is -2.43. The predicted octanol–water partition coefficient (Wildman–Crippen LogP) is 4.77. The van der Waals surface area contributed by atoms with Crippen LogP contribution in [0.15, 0.2) is 60.8 Å². The summed E-state index contributed by atoms with van der Waals surface area (Å²) >= 11 is 12.2. The van der Waals surface area contributed by atoms with Crippen LogP contribution in [-0.4, -0.2) is 19.6 Å². The van der Waals surface area contributed by atoms with Crippen molar-refractivity contribution in [3.8, 4) is 22.6 Å². The van der Waals surface area contributed by atoms with Crippen molar-refractivity contribution < 1.29 is 0 Å². The second-order valence-electron chi connectivity index (χ2n) is 4.96. The molecule has 2 aromatic heterocycles. The molecule has 112 valence electrons. The first-order chi connectivity index (χ1) is 11.2. The fraction of sp³-hybridized carbons (Fsp3) is 0. The molecule has 0 fully saturated rings. The highest BCUT2D eigenvalue weighted by molar-refractivity contribution is 6.33. The molecule has 4 rings (SSSR count). The van der Waals surface area contributed by atoms with Crippen molar-refractivity contribution in [2.75, 3.05) is 0 Å². The molecule has 0 saturated carbocycles. The molecule has 2 heterocycles. The van der Waals surface area contributed by atoms with Gasteiger partial charge >= 0.3 is 0 Å². The number of halogens is 2. The lowest BCUT2D eigenvalue weighted by atomic mass is 10.1. The van der Waals surface area contributed by atoms with Gasteiger partial charge in [0, 0.05) is 27.4 Å². The van der Waals surface area contributed by atoms with E-state index in [0.29, 0.717) is 21.6 Å². The molecule has 0 N–H and O–H groups in total. The normalized spacial score (nSPS) is 11.0. The SMILES string of the molecule is Clc1ccc(-c2nc3nccc(-c4ccccc4Cl)n3n2)cc1. The second-order valence-corrected chi connectivity index (χ2v) is 5.81. The van der Waals surface area contributed by atoms with Crippen LogP contribution < -0.4 is 0 Å².